The van der Waals surface area contributed by atoms with Crippen molar-refractivity contribution in [1.29, 1.82) is 0 Å². The number of rotatable bonds is 18. The normalized spacial score (nSPS) is 20.7. The predicted molar refractivity (Wildman–Crippen MR) is 240 cm³/mol. The van der Waals surface area contributed by atoms with Gasteiger partial charge in [0.15, 0.2) is 22.2 Å². The number of methoxy groups -OCH3 is 2. The molecule has 2 aliphatic heterocycles. The van der Waals surface area contributed by atoms with Crippen molar-refractivity contribution < 1.29 is 41.1 Å². The zero-order valence-corrected chi connectivity index (χ0v) is 38.3. The van der Waals surface area contributed by atoms with Crippen molar-refractivity contribution in [3.8, 4) is 11.5 Å². The third kappa shape index (κ3) is 10.7. The Labute approximate surface area is 369 Å². The van der Waals surface area contributed by atoms with Crippen molar-refractivity contribution >= 4 is 35.8 Å². The molecule has 3 heterocycles. The van der Waals surface area contributed by atoms with Crippen LogP contribution in [-0.4, -0.2) is 122 Å². The average molecular weight is 914 g/mol. The molecule has 0 aliphatic carbocycles. The fourth-order valence-electron chi connectivity index (χ4n) is 7.67. The van der Waals surface area contributed by atoms with Crippen LogP contribution in [-0.2, 0) is 38.7 Å². The molecule has 16 nitrogen and oxygen atoms in total. The van der Waals surface area contributed by atoms with E-state index >= 15 is 0 Å². The number of nitrogens with zero attached hydrogens (tertiary/aromatic N) is 3. The molecule has 6 rings (SSSR count). The molecule has 2 fully saturated rings. The molecule has 1 aromatic heterocycles. The van der Waals surface area contributed by atoms with Gasteiger partial charge in [-0.25, -0.2) is 17.9 Å². The summed E-state index contributed by atoms with van der Waals surface area (Å²) < 4.78 is 73.5. The SMILES string of the molecule is COc1ccc(C(OC[C@H]2O[C@@H](n3ccc(=O)[nH]c3=O)C(OC(=S)N3CCS(=O)(=O)CC3)C2OP(OCCN)N(C(C)C)C(C)C)(c2ccccc2)c2ccc(OC)cc2)cc1. The van der Waals surface area contributed by atoms with Crippen LogP contribution in [0, 0.1) is 0 Å². The van der Waals surface area contributed by atoms with Crippen LogP contribution < -0.4 is 26.5 Å². The van der Waals surface area contributed by atoms with Crippen LogP contribution in [0.25, 0.3) is 0 Å². The maximum atomic E-state index is 13.6. The van der Waals surface area contributed by atoms with E-state index in [0.29, 0.717) is 11.5 Å². The van der Waals surface area contributed by atoms with E-state index in [1.54, 1.807) is 19.1 Å². The van der Waals surface area contributed by atoms with E-state index in [2.05, 4.69) is 9.65 Å². The smallest absolute Gasteiger partial charge is 0.330 e. The number of hydrogen-bond donors (Lipinski definition) is 2. The van der Waals surface area contributed by atoms with Gasteiger partial charge in [-0.15, -0.1) is 0 Å². The maximum absolute atomic E-state index is 13.6. The molecule has 62 heavy (non-hydrogen) atoms. The summed E-state index contributed by atoms with van der Waals surface area (Å²) in [7, 11) is -1.93. The summed E-state index contributed by atoms with van der Waals surface area (Å²) in [6.07, 6.45) is -3.09. The first kappa shape index (κ1) is 47.3. The highest BCUT2D eigenvalue weighted by Gasteiger charge is 2.53. The fraction of sp³-hybridized carbons (Fsp3) is 0.465. The largest absolute Gasteiger partial charge is 0.497 e. The maximum Gasteiger partial charge on any atom is 0.330 e. The summed E-state index contributed by atoms with van der Waals surface area (Å²) in [5, 5.41) is -0.00183. The standard InChI is InChI=1S/C43H56N5O11PS2/c1-29(2)48(30(3)4)60(56-25-21-44)59-38-36(57-40(47-22-20-37(49)45-41(47)50)39(38)58-42(61)46-23-26-62(51,52)27-24-46)28-55-43(31-10-8-7-9-11-31,32-12-16-34(53-5)17-13-32)33-14-18-35(54-6)19-15-33/h7-20,22,29-30,36,38-40H,21,23-28,44H2,1-6H3,(H,45,49,50)/t36-,38?,39?,40-,60?/m1/s1. The molecule has 4 aromatic rings. The highest BCUT2D eigenvalue weighted by molar-refractivity contribution is 7.91. The molecule has 0 amide bonds. The zero-order chi connectivity index (χ0) is 44.6. The van der Waals surface area contributed by atoms with Gasteiger partial charge in [0.25, 0.3) is 19.3 Å². The van der Waals surface area contributed by atoms with Gasteiger partial charge in [0.1, 0.15) is 29.3 Å². The molecule has 3 N–H and O–H groups in total. The first-order chi connectivity index (χ1) is 29.7. The van der Waals surface area contributed by atoms with Crippen LogP contribution in [0.5, 0.6) is 11.5 Å². The van der Waals surface area contributed by atoms with E-state index in [1.165, 1.54) is 16.8 Å². The van der Waals surface area contributed by atoms with E-state index in [0.717, 1.165) is 16.7 Å². The first-order valence-electron chi connectivity index (χ1n) is 20.4. The molecule has 2 aliphatic rings. The second-order valence-electron chi connectivity index (χ2n) is 15.4. The van der Waals surface area contributed by atoms with Crippen molar-refractivity contribution in [2.45, 2.75) is 69.9 Å². The predicted octanol–water partition coefficient (Wildman–Crippen LogP) is 4.57. The van der Waals surface area contributed by atoms with Crippen LogP contribution in [0.3, 0.4) is 0 Å². The zero-order valence-electron chi connectivity index (χ0n) is 35.7. The lowest BCUT2D eigenvalue weighted by Gasteiger charge is -2.39. The molecule has 336 valence electrons. The quantitative estimate of drug-likeness (QED) is 0.0803. The summed E-state index contributed by atoms with van der Waals surface area (Å²) in [5.41, 5.74) is 5.69. The number of benzene rings is 3. The molecule has 0 radical (unpaired) electrons. The Hall–Kier alpha value is -4.23. The van der Waals surface area contributed by atoms with Crippen LogP contribution >= 0.6 is 20.7 Å². The van der Waals surface area contributed by atoms with Gasteiger partial charge in [-0.1, -0.05) is 54.6 Å². The first-order valence-corrected chi connectivity index (χ1v) is 23.8. The summed E-state index contributed by atoms with van der Waals surface area (Å²) in [6, 6.07) is 26.1. The molecule has 0 bridgehead atoms. The number of sulfone groups is 1. The Balaban J connectivity index is 1.51. The molecule has 19 heteroatoms. The molecule has 5 atom stereocenters. The molecular formula is C43H56N5O11PS2. The number of ether oxygens (including phenoxy) is 5. The Morgan fingerprint density at radius 2 is 1.45 bits per heavy atom. The Morgan fingerprint density at radius 3 is 1.97 bits per heavy atom. The van der Waals surface area contributed by atoms with Crippen molar-refractivity contribution in [3.63, 3.8) is 0 Å². The van der Waals surface area contributed by atoms with Gasteiger partial charge in [0, 0.05) is 44.0 Å². The lowest BCUT2D eigenvalue weighted by atomic mass is 9.80. The lowest BCUT2D eigenvalue weighted by molar-refractivity contribution is -0.0944. The number of aromatic nitrogens is 2. The topological polar surface area (TPSA) is 186 Å². The van der Waals surface area contributed by atoms with Crippen molar-refractivity contribution in [2.24, 2.45) is 5.73 Å². The second kappa shape index (κ2) is 21.0. The third-order valence-corrected chi connectivity index (χ3v) is 14.8. The minimum absolute atomic E-state index is 0.00183. The lowest BCUT2D eigenvalue weighted by Crippen LogP contribution is -2.48. The average Bonchev–Trinajstić information content (AvgIpc) is 3.58. The Bertz CT molecular complexity index is 2250. The number of hydrogen-bond acceptors (Lipinski definition) is 14. The van der Waals surface area contributed by atoms with Gasteiger partial charge in [-0.2, -0.15) is 0 Å². The second-order valence-corrected chi connectivity index (χ2v) is 19.4. The molecule has 2 saturated heterocycles. The molecule has 3 unspecified atom stereocenters. The van der Waals surface area contributed by atoms with Gasteiger partial charge < -0.3 is 43.4 Å². The van der Waals surface area contributed by atoms with Crippen molar-refractivity contribution in [1.82, 2.24) is 19.1 Å². The van der Waals surface area contributed by atoms with Crippen molar-refractivity contribution in [3.05, 3.63) is 129 Å². The van der Waals surface area contributed by atoms with Gasteiger partial charge in [-0.3, -0.25) is 14.3 Å². The van der Waals surface area contributed by atoms with Gasteiger partial charge in [-0.05, 0) is 80.9 Å². The number of nitrogens with two attached hydrogens (primary N) is 1. The van der Waals surface area contributed by atoms with Gasteiger partial charge in [0.2, 0.25) is 0 Å². The van der Waals surface area contributed by atoms with Gasteiger partial charge in [0.05, 0.1) is 38.9 Å². The molecule has 0 spiro atoms. The van der Waals surface area contributed by atoms with Crippen LogP contribution in [0.15, 0.2) is 101 Å². The molecule has 3 aromatic carbocycles. The van der Waals surface area contributed by atoms with E-state index in [9.17, 15) is 18.0 Å². The monoisotopic (exact) mass is 913 g/mol. The summed E-state index contributed by atoms with van der Waals surface area (Å²) in [4.78, 5) is 29.9. The fourth-order valence-corrected chi connectivity index (χ4v) is 11.0. The number of thiocarbonyl (C=S) groups is 1. The van der Waals surface area contributed by atoms with E-state index < -0.39 is 59.8 Å². The Kier molecular flexibility index (Phi) is 16.0. The summed E-state index contributed by atoms with van der Waals surface area (Å²) in [6.45, 7) is 8.60. The minimum Gasteiger partial charge on any atom is -0.497 e. The van der Waals surface area contributed by atoms with E-state index in [4.69, 9.17) is 50.7 Å². The number of H-pyrrole nitrogens is 1. The van der Waals surface area contributed by atoms with Crippen LogP contribution in [0.2, 0.25) is 0 Å². The van der Waals surface area contributed by atoms with E-state index in [1.807, 2.05) is 107 Å². The third-order valence-electron chi connectivity index (χ3n) is 10.7. The van der Waals surface area contributed by atoms with Crippen LogP contribution in [0.1, 0.15) is 50.6 Å². The highest BCUT2D eigenvalue weighted by atomic mass is 32.2. The van der Waals surface area contributed by atoms with E-state index in [-0.39, 0.29) is 61.6 Å². The number of nitrogens with one attached hydrogen (secondary N) is 1. The van der Waals surface area contributed by atoms with Crippen LogP contribution in [0.4, 0.5) is 0 Å². The highest BCUT2D eigenvalue weighted by Crippen LogP contribution is 2.51. The minimum atomic E-state index is -3.25. The summed E-state index contributed by atoms with van der Waals surface area (Å²) in [5.74, 6) is 1.09. The van der Waals surface area contributed by atoms with Crippen molar-refractivity contribution in [2.75, 3.05) is 58.6 Å². The molecule has 0 saturated carbocycles. The number of aromatic amines is 1. The van der Waals surface area contributed by atoms with Gasteiger partial charge >= 0.3 is 5.69 Å². The summed E-state index contributed by atoms with van der Waals surface area (Å²) >= 11 is 5.86. The molecular weight excluding hydrogens is 858 g/mol. The Morgan fingerprint density at radius 1 is 0.887 bits per heavy atom.